The first kappa shape index (κ1) is 19.6. The Morgan fingerprint density at radius 1 is 1.13 bits per heavy atom. The van der Waals surface area contributed by atoms with E-state index in [1.54, 1.807) is 40.1 Å². The summed E-state index contributed by atoms with van der Waals surface area (Å²) in [5.41, 5.74) is 3.91. The first-order chi connectivity index (χ1) is 15.0. The summed E-state index contributed by atoms with van der Waals surface area (Å²) in [6.07, 6.45) is 4.92. The second-order valence-corrected chi connectivity index (χ2v) is 7.97. The van der Waals surface area contributed by atoms with Crippen LogP contribution in [-0.2, 0) is 0 Å². The van der Waals surface area contributed by atoms with E-state index in [0.29, 0.717) is 52.1 Å². The van der Waals surface area contributed by atoms with Crippen LogP contribution in [0.2, 0.25) is 5.02 Å². The first-order valence-corrected chi connectivity index (χ1v) is 10.2. The third kappa shape index (κ3) is 3.42. The minimum atomic E-state index is -0.437. The molecule has 4 heterocycles. The molecule has 156 valence electrons. The van der Waals surface area contributed by atoms with Gasteiger partial charge in [-0.3, -0.25) is 19.2 Å². The minimum Gasteiger partial charge on any atom is -0.338 e. The summed E-state index contributed by atoms with van der Waals surface area (Å²) in [6.45, 7) is 2.13. The fourth-order valence-corrected chi connectivity index (χ4v) is 3.83. The molecule has 1 saturated heterocycles. The van der Waals surface area contributed by atoms with Gasteiger partial charge in [0.25, 0.3) is 5.91 Å². The average Bonchev–Trinajstić information content (AvgIpc) is 3.12. The van der Waals surface area contributed by atoms with Crippen LogP contribution >= 0.6 is 11.6 Å². The molecule has 0 aliphatic carbocycles. The van der Waals surface area contributed by atoms with Crippen molar-refractivity contribution in [3.63, 3.8) is 0 Å². The van der Waals surface area contributed by atoms with Gasteiger partial charge in [-0.2, -0.15) is 5.10 Å². The Morgan fingerprint density at radius 2 is 1.87 bits per heavy atom. The van der Waals surface area contributed by atoms with E-state index in [4.69, 9.17) is 16.6 Å². The Balaban J connectivity index is 1.68. The van der Waals surface area contributed by atoms with Crippen LogP contribution in [0.3, 0.4) is 0 Å². The SMILES string of the molecule is Cc1nccnc1-c1nn2ccc(-c3ccc(Cl)cc3)nc2c1C(=O)N1CC(CF)C1. The number of rotatable bonds is 4. The lowest BCUT2D eigenvalue weighted by Crippen LogP contribution is -2.50. The number of hydrogen-bond donors (Lipinski definition) is 0. The zero-order valence-corrected chi connectivity index (χ0v) is 17.4. The van der Waals surface area contributed by atoms with E-state index in [1.807, 2.05) is 25.1 Å². The Bertz CT molecular complexity index is 1280. The van der Waals surface area contributed by atoms with E-state index >= 15 is 0 Å². The van der Waals surface area contributed by atoms with Gasteiger partial charge in [0.1, 0.15) is 17.0 Å². The molecule has 1 aliphatic rings. The summed E-state index contributed by atoms with van der Waals surface area (Å²) < 4.78 is 14.5. The Labute approximate surface area is 182 Å². The normalized spacial score (nSPS) is 14.1. The van der Waals surface area contributed by atoms with Gasteiger partial charge >= 0.3 is 0 Å². The molecule has 0 N–H and O–H groups in total. The van der Waals surface area contributed by atoms with Gasteiger partial charge in [-0.1, -0.05) is 23.7 Å². The fraction of sp³-hybridized carbons (Fsp3) is 0.227. The third-order valence-electron chi connectivity index (χ3n) is 5.41. The molecule has 0 atom stereocenters. The highest BCUT2D eigenvalue weighted by Gasteiger charge is 2.35. The quantitative estimate of drug-likeness (QED) is 0.485. The van der Waals surface area contributed by atoms with Gasteiger partial charge in [0, 0.05) is 48.2 Å². The highest BCUT2D eigenvalue weighted by molar-refractivity contribution is 6.30. The smallest absolute Gasteiger partial charge is 0.260 e. The first-order valence-electron chi connectivity index (χ1n) is 9.83. The van der Waals surface area contributed by atoms with Crippen molar-refractivity contribution < 1.29 is 9.18 Å². The van der Waals surface area contributed by atoms with Crippen LogP contribution in [0.4, 0.5) is 4.39 Å². The lowest BCUT2D eigenvalue weighted by Gasteiger charge is -2.37. The van der Waals surface area contributed by atoms with Crippen LogP contribution in [0.15, 0.2) is 48.9 Å². The molecule has 4 aromatic rings. The fourth-order valence-electron chi connectivity index (χ4n) is 3.70. The second-order valence-electron chi connectivity index (χ2n) is 7.53. The number of nitrogens with zero attached hydrogens (tertiary/aromatic N) is 6. The van der Waals surface area contributed by atoms with E-state index in [1.165, 1.54) is 0 Å². The minimum absolute atomic E-state index is 0.120. The Kier molecular flexibility index (Phi) is 4.86. The summed E-state index contributed by atoms with van der Waals surface area (Å²) in [6, 6.07) is 9.14. The maximum absolute atomic E-state index is 13.4. The number of likely N-dealkylation sites (tertiary alicyclic amines) is 1. The monoisotopic (exact) mass is 436 g/mol. The third-order valence-corrected chi connectivity index (χ3v) is 5.66. The molecule has 1 aromatic carbocycles. The number of carbonyl (C=O) groups excluding carboxylic acids is 1. The van der Waals surface area contributed by atoms with Crippen molar-refractivity contribution in [2.45, 2.75) is 6.92 Å². The maximum Gasteiger partial charge on any atom is 0.260 e. The van der Waals surface area contributed by atoms with Gasteiger partial charge in [0.05, 0.1) is 18.1 Å². The molecule has 5 rings (SSSR count). The molecule has 1 aliphatic heterocycles. The van der Waals surface area contributed by atoms with Crippen LogP contribution < -0.4 is 0 Å². The van der Waals surface area contributed by atoms with Crippen molar-refractivity contribution in [1.29, 1.82) is 0 Å². The largest absolute Gasteiger partial charge is 0.338 e. The number of fused-ring (bicyclic) bond motifs is 1. The highest BCUT2D eigenvalue weighted by Crippen LogP contribution is 2.30. The van der Waals surface area contributed by atoms with Gasteiger partial charge in [-0.15, -0.1) is 0 Å². The van der Waals surface area contributed by atoms with Gasteiger partial charge in [-0.25, -0.2) is 9.50 Å². The molecule has 0 radical (unpaired) electrons. The number of benzene rings is 1. The Morgan fingerprint density at radius 3 is 2.58 bits per heavy atom. The van der Waals surface area contributed by atoms with Gasteiger partial charge in [-0.05, 0) is 25.1 Å². The van der Waals surface area contributed by atoms with Crippen LogP contribution in [0.1, 0.15) is 16.1 Å². The number of alkyl halides is 1. The number of amides is 1. The van der Waals surface area contributed by atoms with E-state index in [0.717, 1.165) is 5.56 Å². The molecule has 0 unspecified atom stereocenters. The van der Waals surface area contributed by atoms with Crippen molar-refractivity contribution in [2.24, 2.45) is 5.92 Å². The predicted octanol–water partition coefficient (Wildman–Crippen LogP) is 3.86. The van der Waals surface area contributed by atoms with Crippen LogP contribution in [0.25, 0.3) is 28.3 Å². The van der Waals surface area contributed by atoms with Crippen molar-refractivity contribution in [3.8, 4) is 22.6 Å². The van der Waals surface area contributed by atoms with Gasteiger partial charge in [0.15, 0.2) is 5.65 Å². The van der Waals surface area contributed by atoms with Gasteiger partial charge in [0.2, 0.25) is 0 Å². The number of hydrogen-bond acceptors (Lipinski definition) is 5. The summed E-state index contributed by atoms with van der Waals surface area (Å²) >= 11 is 6.00. The number of aromatic nitrogens is 5. The van der Waals surface area contributed by atoms with E-state index < -0.39 is 6.67 Å². The standard InChI is InChI=1S/C22H18ClFN6O/c1-13-19(26-8-7-25-13)20-18(22(31)29-11-14(10-24)12-29)21-27-17(6-9-30(21)28-20)15-2-4-16(23)5-3-15/h2-9,14H,10-12H2,1H3. The molecule has 0 bridgehead atoms. The molecule has 1 amide bonds. The van der Waals surface area contributed by atoms with Crippen molar-refractivity contribution in [3.05, 3.63) is 65.2 Å². The molecule has 9 heteroatoms. The predicted molar refractivity (Wildman–Crippen MR) is 115 cm³/mol. The second kappa shape index (κ2) is 7.70. The Hall–Kier alpha value is -3.39. The lowest BCUT2D eigenvalue weighted by molar-refractivity contribution is 0.0455. The summed E-state index contributed by atoms with van der Waals surface area (Å²) in [7, 11) is 0. The highest BCUT2D eigenvalue weighted by atomic mass is 35.5. The average molecular weight is 437 g/mol. The van der Waals surface area contributed by atoms with Gasteiger partial charge < -0.3 is 4.90 Å². The molecular weight excluding hydrogens is 419 g/mol. The number of aryl methyl sites for hydroxylation is 1. The van der Waals surface area contributed by atoms with E-state index in [2.05, 4.69) is 15.1 Å². The number of halogens is 2. The zero-order valence-electron chi connectivity index (χ0n) is 16.7. The molecule has 0 spiro atoms. The number of carbonyl (C=O) groups is 1. The van der Waals surface area contributed by atoms with E-state index in [-0.39, 0.29) is 11.8 Å². The maximum atomic E-state index is 13.4. The molecule has 7 nitrogen and oxygen atoms in total. The molecule has 0 saturated carbocycles. The van der Waals surface area contributed by atoms with Crippen molar-refractivity contribution >= 4 is 23.2 Å². The molecule has 3 aromatic heterocycles. The van der Waals surface area contributed by atoms with Crippen molar-refractivity contribution in [1.82, 2.24) is 29.5 Å². The van der Waals surface area contributed by atoms with Crippen molar-refractivity contribution in [2.75, 3.05) is 19.8 Å². The lowest BCUT2D eigenvalue weighted by atomic mass is 10.00. The molecular formula is C22H18ClFN6O. The molecule has 1 fully saturated rings. The molecule has 31 heavy (non-hydrogen) atoms. The topological polar surface area (TPSA) is 76.3 Å². The van der Waals surface area contributed by atoms with Crippen LogP contribution in [0.5, 0.6) is 0 Å². The van der Waals surface area contributed by atoms with E-state index in [9.17, 15) is 9.18 Å². The zero-order chi connectivity index (χ0) is 21.5. The summed E-state index contributed by atoms with van der Waals surface area (Å²) in [4.78, 5) is 28.4. The summed E-state index contributed by atoms with van der Waals surface area (Å²) in [5, 5.41) is 5.23. The summed E-state index contributed by atoms with van der Waals surface area (Å²) in [5.74, 6) is -0.356. The van der Waals surface area contributed by atoms with Crippen LogP contribution in [-0.4, -0.2) is 55.1 Å². The van der Waals surface area contributed by atoms with Crippen LogP contribution in [0, 0.1) is 12.8 Å².